The molecule has 2 N–H and O–H groups in total. The summed E-state index contributed by atoms with van der Waals surface area (Å²) >= 11 is 0. The minimum absolute atomic E-state index is 0.155. The van der Waals surface area contributed by atoms with Crippen molar-refractivity contribution in [2.45, 2.75) is 44.2 Å². The zero-order chi connectivity index (χ0) is 13.0. The topological polar surface area (TPSA) is 56.0 Å². The fourth-order valence-electron chi connectivity index (χ4n) is 2.55. The first-order valence-corrected chi connectivity index (χ1v) is 6.59. The van der Waals surface area contributed by atoms with Crippen molar-refractivity contribution in [2.24, 2.45) is 0 Å². The summed E-state index contributed by atoms with van der Waals surface area (Å²) in [6, 6.07) is 9.92. The highest BCUT2D eigenvalue weighted by Crippen LogP contribution is 2.29. The normalized spacial score (nSPS) is 19.4. The summed E-state index contributed by atoms with van der Waals surface area (Å²) in [6.45, 7) is 2.69. The molecule has 1 aliphatic rings. The quantitative estimate of drug-likeness (QED) is 0.855. The smallest absolute Gasteiger partial charge is 0.0991 e. The third-order valence-corrected chi connectivity index (χ3v) is 3.79. The Kier molecular flexibility index (Phi) is 4.00. The van der Waals surface area contributed by atoms with Gasteiger partial charge in [0.1, 0.15) is 0 Å². The molecule has 0 aromatic heterocycles. The summed E-state index contributed by atoms with van der Waals surface area (Å²) in [6.07, 6.45) is 4.03. The maximum atomic E-state index is 10.3. The number of nitrogens with one attached hydrogen (secondary N) is 1. The largest absolute Gasteiger partial charge is 0.389 e. The molecule has 1 fully saturated rings. The van der Waals surface area contributed by atoms with E-state index in [0.29, 0.717) is 12.1 Å². The predicted octanol–water partition coefficient (Wildman–Crippen LogP) is 2.51. The molecule has 0 amide bonds. The van der Waals surface area contributed by atoms with Crippen LogP contribution >= 0.6 is 0 Å². The highest BCUT2D eigenvalue weighted by Gasteiger charge is 2.30. The fraction of sp³-hybridized carbons (Fsp3) is 0.533. The maximum absolute atomic E-state index is 10.3. The van der Waals surface area contributed by atoms with Crippen LogP contribution in [-0.2, 0) is 0 Å². The molecule has 1 saturated carbocycles. The van der Waals surface area contributed by atoms with E-state index in [-0.39, 0.29) is 6.04 Å². The maximum Gasteiger partial charge on any atom is 0.0991 e. The third kappa shape index (κ3) is 3.10. The Morgan fingerprint density at radius 1 is 1.44 bits per heavy atom. The van der Waals surface area contributed by atoms with Crippen LogP contribution in [0.1, 0.15) is 49.8 Å². The highest BCUT2D eigenvalue weighted by atomic mass is 16.3. The summed E-state index contributed by atoms with van der Waals surface area (Å²) < 4.78 is 0. The van der Waals surface area contributed by atoms with Gasteiger partial charge in [-0.3, -0.25) is 0 Å². The Bertz CT molecular complexity index is 444. The molecule has 0 aliphatic heterocycles. The van der Waals surface area contributed by atoms with Crippen molar-refractivity contribution in [3.05, 3.63) is 35.4 Å². The Morgan fingerprint density at radius 3 is 2.83 bits per heavy atom. The first-order chi connectivity index (χ1) is 8.63. The van der Waals surface area contributed by atoms with E-state index in [2.05, 4.69) is 18.3 Å². The Balaban J connectivity index is 1.95. The monoisotopic (exact) mass is 244 g/mol. The van der Waals surface area contributed by atoms with Crippen LogP contribution in [0.25, 0.3) is 0 Å². The minimum atomic E-state index is -0.527. The van der Waals surface area contributed by atoms with Crippen LogP contribution in [0.3, 0.4) is 0 Å². The second-order valence-electron chi connectivity index (χ2n) is 5.27. The number of nitriles is 1. The van der Waals surface area contributed by atoms with Crippen LogP contribution in [0, 0.1) is 11.3 Å². The van der Waals surface area contributed by atoms with Crippen molar-refractivity contribution in [1.29, 1.82) is 5.26 Å². The Labute approximate surface area is 108 Å². The van der Waals surface area contributed by atoms with Crippen LogP contribution in [0.15, 0.2) is 24.3 Å². The van der Waals surface area contributed by atoms with E-state index in [1.165, 1.54) is 0 Å². The third-order valence-electron chi connectivity index (χ3n) is 3.79. The van der Waals surface area contributed by atoms with E-state index >= 15 is 0 Å². The Hall–Kier alpha value is -1.37. The van der Waals surface area contributed by atoms with E-state index in [4.69, 9.17) is 5.26 Å². The summed E-state index contributed by atoms with van der Waals surface area (Å²) in [7, 11) is 0. The van der Waals surface area contributed by atoms with Crippen molar-refractivity contribution >= 4 is 0 Å². The van der Waals surface area contributed by atoms with Crippen molar-refractivity contribution in [3.8, 4) is 6.07 Å². The Morgan fingerprint density at radius 2 is 2.17 bits per heavy atom. The van der Waals surface area contributed by atoms with E-state index in [1.54, 1.807) is 6.07 Å². The molecule has 96 valence electrons. The average Bonchev–Trinajstić information content (AvgIpc) is 2.83. The lowest BCUT2D eigenvalue weighted by Crippen LogP contribution is -2.39. The number of hydrogen-bond donors (Lipinski definition) is 2. The molecule has 1 aromatic rings. The van der Waals surface area contributed by atoms with Crippen LogP contribution in [0.5, 0.6) is 0 Å². The van der Waals surface area contributed by atoms with Crippen LogP contribution < -0.4 is 5.32 Å². The average molecular weight is 244 g/mol. The summed E-state index contributed by atoms with van der Waals surface area (Å²) in [5.74, 6) is 0. The highest BCUT2D eigenvalue weighted by molar-refractivity contribution is 5.34. The lowest BCUT2D eigenvalue weighted by atomic mass is 10.0. The van der Waals surface area contributed by atoms with Crippen molar-refractivity contribution < 1.29 is 5.11 Å². The minimum Gasteiger partial charge on any atom is -0.389 e. The number of rotatable bonds is 4. The van der Waals surface area contributed by atoms with Crippen LogP contribution in [0.4, 0.5) is 0 Å². The molecule has 1 aliphatic carbocycles. The van der Waals surface area contributed by atoms with Gasteiger partial charge in [0.15, 0.2) is 0 Å². The van der Waals surface area contributed by atoms with E-state index in [1.807, 2.05) is 18.2 Å². The van der Waals surface area contributed by atoms with Crippen LogP contribution in [-0.4, -0.2) is 17.3 Å². The van der Waals surface area contributed by atoms with Crippen LogP contribution in [0.2, 0.25) is 0 Å². The van der Waals surface area contributed by atoms with Crippen molar-refractivity contribution in [2.75, 3.05) is 6.54 Å². The first kappa shape index (κ1) is 13.1. The first-order valence-electron chi connectivity index (χ1n) is 6.59. The molecular formula is C15H20N2O. The van der Waals surface area contributed by atoms with E-state index in [0.717, 1.165) is 31.2 Å². The summed E-state index contributed by atoms with van der Waals surface area (Å²) in [4.78, 5) is 0. The van der Waals surface area contributed by atoms with Gasteiger partial charge in [-0.2, -0.15) is 5.26 Å². The van der Waals surface area contributed by atoms with E-state index in [9.17, 15) is 5.11 Å². The molecular weight excluding hydrogens is 224 g/mol. The molecule has 0 saturated heterocycles. The SMILES string of the molecule is CC(NCC1(O)CCCC1)c1cccc(C#N)c1. The van der Waals surface area contributed by atoms with E-state index < -0.39 is 5.60 Å². The van der Waals surface area contributed by atoms with Gasteiger partial charge in [0.05, 0.1) is 17.2 Å². The van der Waals surface area contributed by atoms with Gasteiger partial charge in [0.2, 0.25) is 0 Å². The molecule has 0 radical (unpaired) electrons. The number of benzene rings is 1. The lowest BCUT2D eigenvalue weighted by molar-refractivity contribution is 0.0453. The molecule has 3 heteroatoms. The second-order valence-corrected chi connectivity index (χ2v) is 5.27. The molecule has 0 heterocycles. The summed E-state index contributed by atoms with van der Waals surface area (Å²) in [5, 5.41) is 22.5. The van der Waals surface area contributed by atoms with Gasteiger partial charge in [0, 0.05) is 12.6 Å². The lowest BCUT2D eigenvalue weighted by Gasteiger charge is -2.25. The molecule has 0 spiro atoms. The molecule has 18 heavy (non-hydrogen) atoms. The van der Waals surface area contributed by atoms with Gasteiger partial charge in [-0.05, 0) is 37.5 Å². The van der Waals surface area contributed by atoms with Gasteiger partial charge >= 0.3 is 0 Å². The van der Waals surface area contributed by atoms with Gasteiger partial charge in [0.25, 0.3) is 0 Å². The zero-order valence-electron chi connectivity index (χ0n) is 10.8. The molecule has 2 rings (SSSR count). The van der Waals surface area contributed by atoms with Gasteiger partial charge < -0.3 is 10.4 Å². The van der Waals surface area contributed by atoms with Crippen molar-refractivity contribution in [3.63, 3.8) is 0 Å². The van der Waals surface area contributed by atoms with Crippen molar-refractivity contribution in [1.82, 2.24) is 5.32 Å². The van der Waals surface area contributed by atoms with Gasteiger partial charge in [-0.1, -0.05) is 25.0 Å². The van der Waals surface area contributed by atoms with Gasteiger partial charge in [-0.25, -0.2) is 0 Å². The molecule has 1 atom stereocenters. The zero-order valence-corrected chi connectivity index (χ0v) is 10.8. The molecule has 1 aromatic carbocycles. The standard InChI is InChI=1S/C15H20N2O/c1-12(14-6-4-5-13(9-14)10-16)17-11-15(18)7-2-3-8-15/h4-6,9,12,17-18H,2-3,7-8,11H2,1H3. The number of aliphatic hydroxyl groups is 1. The van der Waals surface area contributed by atoms with Gasteiger partial charge in [-0.15, -0.1) is 0 Å². The summed E-state index contributed by atoms with van der Waals surface area (Å²) in [5.41, 5.74) is 1.25. The number of nitrogens with zero attached hydrogens (tertiary/aromatic N) is 1. The molecule has 0 bridgehead atoms. The molecule has 3 nitrogen and oxygen atoms in total. The fourth-order valence-corrected chi connectivity index (χ4v) is 2.55. The number of hydrogen-bond acceptors (Lipinski definition) is 3. The second kappa shape index (κ2) is 5.51. The molecule has 1 unspecified atom stereocenters. The predicted molar refractivity (Wildman–Crippen MR) is 71.0 cm³/mol.